The summed E-state index contributed by atoms with van der Waals surface area (Å²) in [5.74, 6) is 1.89. The maximum Gasteiger partial charge on any atom is 0.164 e. The second kappa shape index (κ2) is 10.7. The van der Waals surface area contributed by atoms with Gasteiger partial charge in [-0.1, -0.05) is 155 Å². The van der Waals surface area contributed by atoms with E-state index in [0.29, 0.717) is 17.5 Å². The topological polar surface area (TPSA) is 51.8 Å². The van der Waals surface area contributed by atoms with Crippen molar-refractivity contribution in [1.29, 1.82) is 0 Å². The van der Waals surface area contributed by atoms with Crippen LogP contribution in [0.1, 0.15) is 38.8 Å². The van der Waals surface area contributed by atoms with E-state index < -0.39 is 0 Å². The average molecular weight is 658 g/mol. The molecule has 0 saturated heterocycles. The Hall–Kier alpha value is -6.13. The van der Waals surface area contributed by atoms with E-state index in [4.69, 9.17) is 19.4 Å². The van der Waals surface area contributed by atoms with Crippen molar-refractivity contribution in [1.82, 2.24) is 15.0 Å². The molecule has 2 aromatic heterocycles. The molecule has 4 heteroatoms. The first-order valence-corrected chi connectivity index (χ1v) is 17.6. The van der Waals surface area contributed by atoms with Gasteiger partial charge in [0.15, 0.2) is 17.5 Å². The number of nitrogens with zero attached hydrogens (tertiary/aromatic N) is 3. The molecule has 7 aromatic carbocycles. The SMILES string of the molecule is CC1(C)c2ccccc2-c2ccc3c(ccc4c(-c5nc(-c6ccccc6)nc(-c6cccc7oc8ccccc8c67)n5)cccc43)c2C1(C)C. The number of furan rings is 1. The van der Waals surface area contributed by atoms with Crippen LogP contribution in [0.25, 0.3) is 88.8 Å². The van der Waals surface area contributed by atoms with E-state index in [1.54, 1.807) is 0 Å². The molecule has 0 saturated carbocycles. The second-order valence-corrected chi connectivity index (χ2v) is 14.8. The Morgan fingerprint density at radius 3 is 1.84 bits per heavy atom. The molecule has 0 N–H and O–H groups in total. The summed E-state index contributed by atoms with van der Waals surface area (Å²) in [7, 11) is 0. The Bertz CT molecular complexity index is 2860. The summed E-state index contributed by atoms with van der Waals surface area (Å²) in [5, 5.41) is 6.88. The molecule has 1 aliphatic rings. The Kier molecular flexibility index (Phi) is 6.23. The van der Waals surface area contributed by atoms with E-state index >= 15 is 0 Å². The molecule has 0 aliphatic heterocycles. The van der Waals surface area contributed by atoms with Crippen molar-refractivity contribution in [3.63, 3.8) is 0 Å². The molecule has 0 atom stereocenters. The fraction of sp³-hybridized carbons (Fsp3) is 0.128. The molecule has 0 radical (unpaired) electrons. The van der Waals surface area contributed by atoms with Gasteiger partial charge < -0.3 is 4.42 Å². The molecular formula is C47H35N3O. The van der Waals surface area contributed by atoms with Crippen LogP contribution in [0.3, 0.4) is 0 Å². The third-order valence-electron chi connectivity index (χ3n) is 11.7. The Morgan fingerprint density at radius 1 is 0.392 bits per heavy atom. The van der Waals surface area contributed by atoms with Gasteiger partial charge in [-0.15, -0.1) is 0 Å². The quantitative estimate of drug-likeness (QED) is 0.177. The third kappa shape index (κ3) is 4.23. The number of fused-ring (bicyclic) bond motifs is 10. The Balaban J connectivity index is 1.23. The fourth-order valence-electron chi connectivity index (χ4n) is 8.47. The summed E-state index contributed by atoms with van der Waals surface area (Å²) in [4.78, 5) is 15.5. The highest BCUT2D eigenvalue weighted by Crippen LogP contribution is 2.56. The summed E-state index contributed by atoms with van der Waals surface area (Å²) in [6.45, 7) is 9.59. The highest BCUT2D eigenvalue weighted by atomic mass is 16.3. The van der Waals surface area contributed by atoms with Crippen LogP contribution in [0.15, 0.2) is 144 Å². The fourth-order valence-corrected chi connectivity index (χ4v) is 8.47. The van der Waals surface area contributed by atoms with Gasteiger partial charge in [-0.05, 0) is 61.3 Å². The maximum absolute atomic E-state index is 6.26. The standard InChI is InChI=1S/C47H35N3O/c1-46(2)38-21-10-8-16-32(38)34-27-24-30-29-18-12-19-35(31(29)25-26-33(30)42(34)47(46,3)4)44-48-43(28-14-6-5-7-15-28)49-45(50-44)37-20-13-23-40-41(37)36-17-9-11-22-39(36)51-40/h5-27H,1-4H3. The summed E-state index contributed by atoms with van der Waals surface area (Å²) < 4.78 is 6.26. The number of aromatic nitrogens is 3. The van der Waals surface area contributed by atoms with Crippen LogP contribution in [0.4, 0.5) is 0 Å². The van der Waals surface area contributed by atoms with Gasteiger partial charge in [0.1, 0.15) is 11.2 Å². The molecule has 2 heterocycles. The predicted octanol–water partition coefficient (Wildman–Crippen LogP) is 12.3. The van der Waals surface area contributed by atoms with Crippen LogP contribution in [0.2, 0.25) is 0 Å². The lowest BCUT2D eigenvalue weighted by Gasteiger charge is -2.49. The first-order valence-electron chi connectivity index (χ1n) is 17.6. The van der Waals surface area contributed by atoms with E-state index in [9.17, 15) is 0 Å². The minimum Gasteiger partial charge on any atom is -0.456 e. The highest BCUT2D eigenvalue weighted by molar-refractivity contribution is 6.15. The summed E-state index contributed by atoms with van der Waals surface area (Å²) in [6, 6.07) is 49.1. The van der Waals surface area contributed by atoms with Crippen molar-refractivity contribution in [2.24, 2.45) is 0 Å². The predicted molar refractivity (Wildman–Crippen MR) is 210 cm³/mol. The summed E-state index contributed by atoms with van der Waals surface area (Å²) in [6.07, 6.45) is 0. The van der Waals surface area contributed by atoms with Crippen molar-refractivity contribution in [2.75, 3.05) is 0 Å². The van der Waals surface area contributed by atoms with E-state index in [2.05, 4.69) is 119 Å². The van der Waals surface area contributed by atoms with Gasteiger partial charge in [0.25, 0.3) is 0 Å². The van der Waals surface area contributed by atoms with Gasteiger partial charge in [-0.2, -0.15) is 0 Å². The van der Waals surface area contributed by atoms with Crippen LogP contribution in [0.5, 0.6) is 0 Å². The number of benzene rings is 7. The minimum atomic E-state index is -0.104. The minimum absolute atomic E-state index is 0.0556. The molecule has 0 bridgehead atoms. The van der Waals surface area contributed by atoms with E-state index in [0.717, 1.165) is 44.0 Å². The summed E-state index contributed by atoms with van der Waals surface area (Å²) in [5.41, 5.74) is 9.80. The lowest BCUT2D eigenvalue weighted by atomic mass is 9.54. The van der Waals surface area contributed by atoms with Crippen molar-refractivity contribution >= 4 is 43.5 Å². The van der Waals surface area contributed by atoms with Crippen LogP contribution in [0, 0.1) is 0 Å². The lowest BCUT2D eigenvalue weighted by molar-refractivity contribution is 0.301. The number of hydrogen-bond donors (Lipinski definition) is 0. The molecule has 4 nitrogen and oxygen atoms in total. The van der Waals surface area contributed by atoms with Gasteiger partial charge in [-0.25, -0.2) is 15.0 Å². The third-order valence-corrected chi connectivity index (χ3v) is 11.7. The number of para-hydroxylation sites is 1. The van der Waals surface area contributed by atoms with Gasteiger partial charge in [-0.3, -0.25) is 0 Å². The molecule has 9 aromatic rings. The molecule has 1 aliphatic carbocycles. The molecule has 0 spiro atoms. The van der Waals surface area contributed by atoms with Crippen LogP contribution >= 0.6 is 0 Å². The average Bonchev–Trinajstić information content (AvgIpc) is 3.56. The molecule has 0 unspecified atom stereocenters. The van der Waals surface area contributed by atoms with E-state index in [1.807, 2.05) is 48.5 Å². The Morgan fingerprint density at radius 2 is 0.980 bits per heavy atom. The van der Waals surface area contributed by atoms with Crippen molar-refractivity contribution in [3.8, 4) is 45.3 Å². The number of hydrogen-bond acceptors (Lipinski definition) is 4. The van der Waals surface area contributed by atoms with Crippen LogP contribution < -0.4 is 0 Å². The Labute approximate surface area is 296 Å². The molecule has 10 rings (SSSR count). The summed E-state index contributed by atoms with van der Waals surface area (Å²) >= 11 is 0. The molecule has 0 fully saturated rings. The first kappa shape index (κ1) is 29.8. The first-order chi connectivity index (χ1) is 24.8. The molecular weight excluding hydrogens is 623 g/mol. The number of rotatable bonds is 3. The molecule has 51 heavy (non-hydrogen) atoms. The smallest absolute Gasteiger partial charge is 0.164 e. The zero-order chi connectivity index (χ0) is 34.5. The monoisotopic (exact) mass is 657 g/mol. The van der Waals surface area contributed by atoms with Crippen molar-refractivity contribution in [3.05, 3.63) is 151 Å². The molecule has 0 amide bonds. The van der Waals surface area contributed by atoms with E-state index in [-0.39, 0.29) is 10.8 Å². The van der Waals surface area contributed by atoms with Crippen LogP contribution in [-0.2, 0) is 10.8 Å². The van der Waals surface area contributed by atoms with Crippen molar-refractivity contribution in [2.45, 2.75) is 38.5 Å². The normalized spacial score (nSPS) is 14.6. The van der Waals surface area contributed by atoms with Gasteiger partial charge >= 0.3 is 0 Å². The molecule has 244 valence electrons. The lowest BCUT2D eigenvalue weighted by Crippen LogP contribution is -2.43. The van der Waals surface area contributed by atoms with Crippen molar-refractivity contribution < 1.29 is 4.42 Å². The van der Waals surface area contributed by atoms with Gasteiger partial charge in [0.05, 0.1) is 0 Å². The van der Waals surface area contributed by atoms with Gasteiger partial charge in [0.2, 0.25) is 0 Å². The maximum atomic E-state index is 6.26. The zero-order valence-electron chi connectivity index (χ0n) is 29.0. The van der Waals surface area contributed by atoms with Crippen LogP contribution in [-0.4, -0.2) is 15.0 Å². The highest BCUT2D eigenvalue weighted by Gasteiger charge is 2.46. The largest absolute Gasteiger partial charge is 0.456 e. The van der Waals surface area contributed by atoms with Gasteiger partial charge in [0, 0.05) is 32.9 Å². The second-order valence-electron chi connectivity index (χ2n) is 14.8. The zero-order valence-corrected chi connectivity index (χ0v) is 29.0. The van der Waals surface area contributed by atoms with E-state index in [1.165, 1.54) is 38.4 Å².